The number of aliphatic hydroxyl groups is 4. The summed E-state index contributed by atoms with van der Waals surface area (Å²) in [6.07, 6.45) is -8.72. The summed E-state index contributed by atoms with van der Waals surface area (Å²) in [5.74, 6) is -1.52. The van der Waals surface area contributed by atoms with Gasteiger partial charge in [0.15, 0.2) is 12.4 Å². The summed E-state index contributed by atoms with van der Waals surface area (Å²) >= 11 is 0. The second kappa shape index (κ2) is 5.21. The maximum atomic E-state index is 10.4. The van der Waals surface area contributed by atoms with Crippen molar-refractivity contribution in [3.8, 4) is 0 Å². The van der Waals surface area contributed by atoms with Crippen LogP contribution in [0.15, 0.2) is 0 Å². The van der Waals surface area contributed by atoms with Crippen LogP contribution in [-0.2, 0) is 9.53 Å². The van der Waals surface area contributed by atoms with Crippen LogP contribution in [0.1, 0.15) is 2.85 Å². The fourth-order valence-electron chi connectivity index (χ4n) is 1.07. The van der Waals surface area contributed by atoms with Crippen LogP contribution in [0.25, 0.3) is 0 Å². The summed E-state index contributed by atoms with van der Waals surface area (Å²) in [7, 11) is 0. The predicted molar refractivity (Wildman–Crippen MR) is 44.5 cm³/mol. The molecule has 0 bridgehead atoms. The molecular formula is C6H12MgO7. The van der Waals surface area contributed by atoms with Crippen molar-refractivity contribution in [1.29, 1.82) is 0 Å². The standard InChI is InChI=1S/C6H10O7.Mg.2H/c7-1-2(8)4(5(10)11)13-6(12)3(1)9;;;/h1-4,6-9,12H,(H,10,11);;;/q;+2;2*-1/t1-,2-,3+,4-,6+;;;/m0.../s1. The topological polar surface area (TPSA) is 127 Å². The first kappa shape index (κ1) is 14.0. The fourth-order valence-corrected chi connectivity index (χ4v) is 1.07. The average molecular weight is 220 g/mol. The third kappa shape index (κ3) is 2.54. The molecule has 0 aromatic rings. The molecule has 0 amide bonds. The van der Waals surface area contributed by atoms with E-state index in [1.807, 2.05) is 0 Å². The Labute approximate surface area is 98.0 Å². The maximum absolute atomic E-state index is 10.4. The summed E-state index contributed by atoms with van der Waals surface area (Å²) in [5, 5.41) is 44.4. The van der Waals surface area contributed by atoms with E-state index in [1.165, 1.54) is 0 Å². The minimum absolute atomic E-state index is 0. The molecule has 5 N–H and O–H groups in total. The molecule has 1 fully saturated rings. The van der Waals surface area contributed by atoms with Crippen molar-refractivity contribution < 1.29 is 37.9 Å². The van der Waals surface area contributed by atoms with Crippen molar-refractivity contribution in [3.63, 3.8) is 0 Å². The molecule has 0 saturated carbocycles. The molecular weight excluding hydrogens is 208 g/mol. The molecule has 14 heavy (non-hydrogen) atoms. The van der Waals surface area contributed by atoms with E-state index in [-0.39, 0.29) is 25.9 Å². The molecule has 1 aliphatic rings. The Morgan fingerprint density at radius 2 is 1.57 bits per heavy atom. The molecule has 80 valence electrons. The van der Waals surface area contributed by atoms with Crippen molar-refractivity contribution in [3.05, 3.63) is 0 Å². The first-order valence-electron chi connectivity index (χ1n) is 3.55. The van der Waals surface area contributed by atoms with Gasteiger partial charge in [0.05, 0.1) is 0 Å². The number of aliphatic hydroxyl groups excluding tert-OH is 4. The van der Waals surface area contributed by atoms with Gasteiger partial charge in [0.1, 0.15) is 18.3 Å². The second-order valence-corrected chi connectivity index (χ2v) is 2.76. The summed E-state index contributed by atoms with van der Waals surface area (Å²) in [4.78, 5) is 10.4. The van der Waals surface area contributed by atoms with Crippen LogP contribution in [0.3, 0.4) is 0 Å². The zero-order valence-corrected chi connectivity index (χ0v) is 8.56. The number of carbonyl (C=O) groups is 1. The largest absolute Gasteiger partial charge is 2.00 e. The number of hydrogen-bond donors (Lipinski definition) is 5. The van der Waals surface area contributed by atoms with Crippen LogP contribution in [0.5, 0.6) is 0 Å². The smallest absolute Gasteiger partial charge is 1.00 e. The summed E-state index contributed by atoms with van der Waals surface area (Å²) < 4.78 is 4.34. The Hall–Kier alpha value is 0.0362. The van der Waals surface area contributed by atoms with Gasteiger partial charge in [0.25, 0.3) is 0 Å². The zero-order valence-electron chi connectivity index (χ0n) is 9.15. The van der Waals surface area contributed by atoms with E-state index in [1.54, 1.807) is 0 Å². The number of carboxylic acids is 1. The van der Waals surface area contributed by atoms with Gasteiger partial charge in [0, 0.05) is 0 Å². The number of ether oxygens (including phenoxy) is 1. The normalized spacial score (nSPS) is 42.7. The molecule has 0 spiro atoms. The molecule has 1 heterocycles. The van der Waals surface area contributed by atoms with Gasteiger partial charge in [-0.15, -0.1) is 0 Å². The van der Waals surface area contributed by atoms with Crippen LogP contribution < -0.4 is 0 Å². The quantitative estimate of drug-likeness (QED) is 0.293. The molecule has 0 radical (unpaired) electrons. The van der Waals surface area contributed by atoms with E-state index < -0.39 is 36.7 Å². The molecule has 0 aromatic carbocycles. The number of hydrogen-bond acceptors (Lipinski definition) is 6. The molecule has 7 nitrogen and oxygen atoms in total. The minimum Gasteiger partial charge on any atom is -1.00 e. The van der Waals surface area contributed by atoms with Crippen molar-refractivity contribution >= 4 is 29.0 Å². The van der Waals surface area contributed by atoms with Gasteiger partial charge >= 0.3 is 29.0 Å². The van der Waals surface area contributed by atoms with E-state index in [2.05, 4.69) is 4.74 Å². The van der Waals surface area contributed by atoms with Crippen molar-refractivity contribution in [2.45, 2.75) is 30.7 Å². The Morgan fingerprint density at radius 1 is 1.07 bits per heavy atom. The van der Waals surface area contributed by atoms with Gasteiger partial charge in [-0.05, 0) is 0 Å². The second-order valence-electron chi connectivity index (χ2n) is 2.76. The molecule has 0 aliphatic carbocycles. The monoisotopic (exact) mass is 220 g/mol. The SMILES string of the molecule is O=C(O)[C@H]1O[C@@H](O)[C@H](O)[C@@H](O)[C@@H]1O.[H-].[H-].[Mg+2]. The van der Waals surface area contributed by atoms with Gasteiger partial charge in [0.2, 0.25) is 0 Å². The van der Waals surface area contributed by atoms with Crippen LogP contribution in [-0.4, -0.2) is 85.3 Å². The summed E-state index contributed by atoms with van der Waals surface area (Å²) in [6.45, 7) is 0. The van der Waals surface area contributed by atoms with Gasteiger partial charge in [-0.25, -0.2) is 4.79 Å². The molecule has 0 aromatic heterocycles. The number of rotatable bonds is 1. The zero-order chi connectivity index (χ0) is 10.2. The molecule has 0 unspecified atom stereocenters. The molecule has 1 saturated heterocycles. The average Bonchev–Trinajstić information content (AvgIpc) is 2.07. The summed E-state index contributed by atoms with van der Waals surface area (Å²) in [5.41, 5.74) is 0. The summed E-state index contributed by atoms with van der Waals surface area (Å²) in [6, 6.07) is 0. The Morgan fingerprint density at radius 3 is 2.00 bits per heavy atom. The Balaban J connectivity index is -0.000000563. The van der Waals surface area contributed by atoms with Crippen LogP contribution in [0.2, 0.25) is 0 Å². The van der Waals surface area contributed by atoms with Gasteiger partial charge < -0.3 is 33.1 Å². The van der Waals surface area contributed by atoms with Crippen molar-refractivity contribution in [2.24, 2.45) is 0 Å². The predicted octanol–water partition coefficient (Wildman–Crippen LogP) is -3.28. The van der Waals surface area contributed by atoms with Gasteiger partial charge in [-0.3, -0.25) is 0 Å². The Bertz CT molecular complexity index is 219. The molecule has 5 atom stereocenters. The first-order valence-corrected chi connectivity index (χ1v) is 3.55. The van der Waals surface area contributed by atoms with E-state index >= 15 is 0 Å². The van der Waals surface area contributed by atoms with Crippen molar-refractivity contribution in [2.75, 3.05) is 0 Å². The molecule has 8 heteroatoms. The van der Waals surface area contributed by atoms with Crippen LogP contribution in [0.4, 0.5) is 0 Å². The minimum atomic E-state index is -1.81. The van der Waals surface area contributed by atoms with Gasteiger partial charge in [-0.2, -0.15) is 0 Å². The maximum Gasteiger partial charge on any atom is 2.00 e. The van der Waals surface area contributed by atoms with E-state index in [0.717, 1.165) is 0 Å². The third-order valence-corrected chi connectivity index (χ3v) is 1.83. The fraction of sp³-hybridized carbons (Fsp3) is 0.833. The third-order valence-electron chi connectivity index (χ3n) is 1.83. The first-order chi connectivity index (χ1) is 5.95. The number of carboxylic acid groups (broad SMARTS) is 1. The van der Waals surface area contributed by atoms with E-state index in [0.29, 0.717) is 0 Å². The number of aliphatic carboxylic acids is 1. The molecule has 1 aliphatic heterocycles. The molecule has 1 rings (SSSR count). The van der Waals surface area contributed by atoms with Gasteiger partial charge in [-0.1, -0.05) is 0 Å². The van der Waals surface area contributed by atoms with E-state index in [9.17, 15) is 4.79 Å². The van der Waals surface area contributed by atoms with E-state index in [4.69, 9.17) is 25.5 Å². The van der Waals surface area contributed by atoms with Crippen LogP contribution in [0, 0.1) is 0 Å². The van der Waals surface area contributed by atoms with Crippen LogP contribution >= 0.6 is 0 Å². The van der Waals surface area contributed by atoms with Crippen molar-refractivity contribution in [1.82, 2.24) is 0 Å². The Kier molecular flexibility index (Phi) is 5.23.